The van der Waals surface area contributed by atoms with Gasteiger partial charge < -0.3 is 14.2 Å². The normalized spacial score (nSPS) is 13.5. The van der Waals surface area contributed by atoms with Gasteiger partial charge in [-0.05, 0) is 18.1 Å². The van der Waals surface area contributed by atoms with E-state index in [9.17, 15) is 27.4 Å². The van der Waals surface area contributed by atoms with Gasteiger partial charge in [-0.2, -0.15) is 12.7 Å². The summed E-state index contributed by atoms with van der Waals surface area (Å²) in [5, 5.41) is 0. The van der Waals surface area contributed by atoms with Gasteiger partial charge in [-0.3, -0.25) is 4.55 Å². The number of nitrogens with zero attached hydrogens (tertiary/aromatic N) is 1. The van der Waals surface area contributed by atoms with Crippen LogP contribution in [0.3, 0.4) is 0 Å². The van der Waals surface area contributed by atoms with Crippen LogP contribution in [0.5, 0.6) is 0 Å². The first-order valence-electron chi connectivity index (χ1n) is 11.0. The Balaban J connectivity index is 2.00. The minimum absolute atomic E-state index is 0.000611. The lowest BCUT2D eigenvalue weighted by Crippen LogP contribution is -2.56. The summed E-state index contributed by atoms with van der Waals surface area (Å²) in [6.07, 6.45) is -3.43. The van der Waals surface area contributed by atoms with Gasteiger partial charge in [0.2, 0.25) is 6.10 Å². The van der Waals surface area contributed by atoms with Crippen LogP contribution in [0.4, 0.5) is 4.79 Å². The topological polar surface area (TPSA) is 137 Å². The monoisotopic (exact) mass is 527 g/mol. The van der Waals surface area contributed by atoms with Crippen molar-refractivity contribution in [1.82, 2.24) is 4.31 Å². The molecule has 0 aliphatic rings. The van der Waals surface area contributed by atoms with Crippen LogP contribution >= 0.6 is 0 Å². The second-order valence-electron chi connectivity index (χ2n) is 7.94. The summed E-state index contributed by atoms with van der Waals surface area (Å²) < 4.78 is 50.2. The Morgan fingerprint density at radius 3 is 1.92 bits per heavy atom. The van der Waals surface area contributed by atoms with Crippen molar-refractivity contribution in [3.8, 4) is 0 Å². The second kappa shape index (κ2) is 11.7. The molecule has 0 heterocycles. The molecule has 0 bridgehead atoms. The third-order valence-electron chi connectivity index (χ3n) is 5.48. The number of carbonyl (C=O) groups is 3. The molecule has 194 valence electrons. The number of benzene rings is 3. The summed E-state index contributed by atoms with van der Waals surface area (Å²) in [5.74, 6) is -2.19. The first-order valence-corrected chi connectivity index (χ1v) is 12.4. The minimum Gasteiger partial charge on any atom is -0.467 e. The van der Waals surface area contributed by atoms with Crippen molar-refractivity contribution in [3.63, 3.8) is 0 Å². The molecule has 0 saturated heterocycles. The zero-order valence-corrected chi connectivity index (χ0v) is 20.8. The molecule has 10 nitrogen and oxygen atoms in total. The third-order valence-corrected chi connectivity index (χ3v) is 6.46. The Hall–Kier alpha value is -4.22. The Morgan fingerprint density at radius 2 is 1.41 bits per heavy atom. The Labute approximate surface area is 214 Å². The van der Waals surface area contributed by atoms with Crippen LogP contribution < -0.4 is 0 Å². The lowest BCUT2D eigenvalue weighted by Gasteiger charge is -2.36. The number of esters is 2. The molecule has 3 aromatic rings. The predicted octanol–water partition coefficient (Wildman–Crippen LogP) is 3.80. The van der Waals surface area contributed by atoms with Crippen molar-refractivity contribution in [2.24, 2.45) is 0 Å². The van der Waals surface area contributed by atoms with E-state index in [1.807, 2.05) is 0 Å². The highest BCUT2D eigenvalue weighted by Crippen LogP contribution is 2.34. The zero-order chi connectivity index (χ0) is 27.1. The molecule has 2 atom stereocenters. The summed E-state index contributed by atoms with van der Waals surface area (Å²) in [4.78, 5) is 39.2. The molecule has 3 rings (SSSR count). The van der Waals surface area contributed by atoms with Crippen LogP contribution in [0.25, 0.3) is 0 Å². The molecule has 0 unspecified atom stereocenters. The van der Waals surface area contributed by atoms with Gasteiger partial charge in [0.15, 0.2) is 5.54 Å². The molecule has 37 heavy (non-hydrogen) atoms. The molecule has 1 amide bonds. The highest BCUT2D eigenvalue weighted by Gasteiger charge is 2.52. The van der Waals surface area contributed by atoms with Gasteiger partial charge in [-0.25, -0.2) is 14.4 Å². The number of hydrogen-bond acceptors (Lipinski definition) is 8. The molecular formula is C26H25NO9S. The molecule has 1 N–H and O–H groups in total. The summed E-state index contributed by atoms with van der Waals surface area (Å²) in [6, 6.07) is 23.8. The Morgan fingerprint density at radius 1 is 0.892 bits per heavy atom. The molecule has 0 aliphatic carbocycles. The van der Waals surface area contributed by atoms with Gasteiger partial charge in [0.05, 0.1) is 7.11 Å². The van der Waals surface area contributed by atoms with Gasteiger partial charge >= 0.3 is 28.3 Å². The van der Waals surface area contributed by atoms with E-state index in [-0.39, 0.29) is 22.0 Å². The molecule has 0 aromatic heterocycles. The van der Waals surface area contributed by atoms with Gasteiger partial charge in [0.25, 0.3) is 0 Å². The SMILES string of the molecule is COC(=O)[C@@](C)(c1ccccc1)N(C(=O)O[C@H](C(=O)OCc1ccccc1)c1ccccc1)S(=O)(=O)O. The van der Waals surface area contributed by atoms with E-state index in [2.05, 4.69) is 0 Å². The highest BCUT2D eigenvalue weighted by molar-refractivity contribution is 7.84. The third kappa shape index (κ3) is 6.32. The maximum Gasteiger partial charge on any atom is 0.427 e. The van der Waals surface area contributed by atoms with E-state index < -0.39 is 40.0 Å². The lowest BCUT2D eigenvalue weighted by molar-refractivity contribution is -0.157. The van der Waals surface area contributed by atoms with Crippen molar-refractivity contribution in [1.29, 1.82) is 0 Å². The largest absolute Gasteiger partial charge is 0.467 e. The van der Waals surface area contributed by atoms with Crippen molar-refractivity contribution in [2.45, 2.75) is 25.2 Å². The molecule has 0 saturated carbocycles. The van der Waals surface area contributed by atoms with E-state index in [4.69, 9.17) is 14.2 Å². The van der Waals surface area contributed by atoms with Crippen LogP contribution in [0.2, 0.25) is 0 Å². The number of hydrogen-bond donors (Lipinski definition) is 1. The van der Waals surface area contributed by atoms with Crippen molar-refractivity contribution in [3.05, 3.63) is 108 Å². The first-order chi connectivity index (χ1) is 17.6. The fraction of sp³-hybridized carbons (Fsp3) is 0.192. The molecule has 0 aliphatic heterocycles. The zero-order valence-electron chi connectivity index (χ0n) is 20.0. The summed E-state index contributed by atoms with van der Waals surface area (Å²) in [6.45, 7) is 0.918. The first kappa shape index (κ1) is 27.4. The Bertz CT molecular complexity index is 1330. The number of amides is 1. The summed E-state index contributed by atoms with van der Waals surface area (Å²) in [7, 11) is -4.44. The molecule has 0 radical (unpaired) electrons. The molecule has 0 fully saturated rings. The minimum atomic E-state index is -5.43. The molecular weight excluding hydrogens is 502 g/mol. The average Bonchev–Trinajstić information content (AvgIpc) is 2.90. The van der Waals surface area contributed by atoms with E-state index in [1.54, 1.807) is 54.6 Å². The maximum absolute atomic E-state index is 13.3. The molecule has 3 aromatic carbocycles. The average molecular weight is 528 g/mol. The Kier molecular flexibility index (Phi) is 8.64. The van der Waals surface area contributed by atoms with Crippen LogP contribution in [0, 0.1) is 0 Å². The van der Waals surface area contributed by atoms with Crippen molar-refractivity contribution in [2.75, 3.05) is 7.11 Å². The van der Waals surface area contributed by atoms with E-state index in [0.717, 1.165) is 14.0 Å². The fourth-order valence-electron chi connectivity index (χ4n) is 3.62. The van der Waals surface area contributed by atoms with Crippen molar-refractivity contribution >= 4 is 28.3 Å². The molecule has 0 spiro atoms. The van der Waals surface area contributed by atoms with Gasteiger partial charge in [0, 0.05) is 5.56 Å². The lowest BCUT2D eigenvalue weighted by atomic mass is 9.92. The fourth-order valence-corrected chi connectivity index (χ4v) is 4.49. The summed E-state index contributed by atoms with van der Waals surface area (Å²) >= 11 is 0. The quantitative estimate of drug-likeness (QED) is 0.250. The maximum atomic E-state index is 13.3. The number of ether oxygens (including phenoxy) is 3. The number of rotatable bonds is 9. The molecule has 11 heteroatoms. The number of methoxy groups -OCH3 is 1. The van der Waals surface area contributed by atoms with Gasteiger partial charge in [0.1, 0.15) is 6.61 Å². The highest BCUT2D eigenvalue weighted by atomic mass is 32.2. The number of carbonyl (C=O) groups excluding carboxylic acids is 3. The predicted molar refractivity (Wildman–Crippen MR) is 131 cm³/mol. The van der Waals surface area contributed by atoms with Crippen LogP contribution in [0.15, 0.2) is 91.0 Å². The second-order valence-corrected chi connectivity index (χ2v) is 9.20. The smallest absolute Gasteiger partial charge is 0.427 e. The van der Waals surface area contributed by atoms with Crippen LogP contribution in [-0.2, 0) is 46.2 Å². The van der Waals surface area contributed by atoms with Crippen molar-refractivity contribution < 1.29 is 41.6 Å². The van der Waals surface area contributed by atoms with Gasteiger partial charge in [-0.1, -0.05) is 91.0 Å². The van der Waals surface area contributed by atoms with E-state index >= 15 is 0 Å². The van der Waals surface area contributed by atoms with Gasteiger partial charge in [-0.15, -0.1) is 0 Å². The standard InChI is InChI=1S/C26H25NO9S/c1-26(24(29)34-2,21-16-10-5-11-17-21)27(37(31,32)33)25(30)36-22(20-14-8-4-9-15-20)23(28)35-18-19-12-6-3-7-13-19/h3-17,22H,18H2,1-2H3,(H,31,32,33)/t22-,26+/m0/s1. The van der Waals surface area contributed by atoms with E-state index in [1.165, 1.54) is 36.4 Å². The van der Waals surface area contributed by atoms with Crippen LogP contribution in [-0.4, -0.2) is 42.4 Å². The van der Waals surface area contributed by atoms with Crippen LogP contribution in [0.1, 0.15) is 29.7 Å². The van der Waals surface area contributed by atoms with E-state index in [0.29, 0.717) is 5.56 Å². The summed E-state index contributed by atoms with van der Waals surface area (Å²) in [5.41, 5.74) is -1.55.